The Morgan fingerprint density at radius 2 is 2.12 bits per heavy atom. The maximum Gasteiger partial charge on any atom is 0.127 e. The van der Waals surface area contributed by atoms with Gasteiger partial charge in [0.2, 0.25) is 0 Å². The van der Waals surface area contributed by atoms with E-state index in [4.69, 9.17) is 4.74 Å². The van der Waals surface area contributed by atoms with Gasteiger partial charge in [-0.3, -0.25) is 0 Å². The highest BCUT2D eigenvalue weighted by Gasteiger charge is 2.15. The van der Waals surface area contributed by atoms with Crippen LogP contribution in [-0.4, -0.2) is 13.7 Å². The van der Waals surface area contributed by atoms with Crippen LogP contribution in [0.5, 0.6) is 5.75 Å². The van der Waals surface area contributed by atoms with Gasteiger partial charge in [0.1, 0.15) is 11.6 Å². The van der Waals surface area contributed by atoms with Gasteiger partial charge in [0, 0.05) is 12.1 Å². The van der Waals surface area contributed by atoms with Gasteiger partial charge in [-0.05, 0) is 37.1 Å². The van der Waals surface area contributed by atoms with Crippen molar-refractivity contribution in [2.45, 2.75) is 31.7 Å². The van der Waals surface area contributed by atoms with Gasteiger partial charge in [0.15, 0.2) is 0 Å². The second-order valence-electron chi connectivity index (χ2n) is 4.28. The molecule has 1 fully saturated rings. The second-order valence-corrected chi connectivity index (χ2v) is 4.28. The van der Waals surface area contributed by atoms with Crippen molar-refractivity contribution in [2.24, 2.45) is 0 Å². The molecular formula is C13H18FNO. The Morgan fingerprint density at radius 3 is 2.94 bits per heavy atom. The SMILES string of the molecule is COc1cc(F)cc(C2CCCCCN2)c1. The van der Waals surface area contributed by atoms with Crippen molar-refractivity contribution in [3.63, 3.8) is 0 Å². The summed E-state index contributed by atoms with van der Waals surface area (Å²) < 4.78 is 18.5. The predicted molar refractivity (Wildman–Crippen MR) is 62.2 cm³/mol. The van der Waals surface area contributed by atoms with Crippen LogP contribution in [0, 0.1) is 5.82 Å². The van der Waals surface area contributed by atoms with E-state index in [1.54, 1.807) is 13.2 Å². The lowest BCUT2D eigenvalue weighted by Gasteiger charge is -2.17. The number of benzene rings is 1. The molecule has 0 aliphatic carbocycles. The minimum absolute atomic E-state index is 0.222. The molecule has 16 heavy (non-hydrogen) atoms. The van der Waals surface area contributed by atoms with E-state index in [0.717, 1.165) is 18.5 Å². The van der Waals surface area contributed by atoms with Gasteiger partial charge in [-0.15, -0.1) is 0 Å². The summed E-state index contributed by atoms with van der Waals surface area (Å²) in [6.07, 6.45) is 4.75. The van der Waals surface area contributed by atoms with Crippen LogP contribution in [0.25, 0.3) is 0 Å². The van der Waals surface area contributed by atoms with Gasteiger partial charge < -0.3 is 10.1 Å². The van der Waals surface area contributed by atoms with Crippen LogP contribution in [0.4, 0.5) is 4.39 Å². The van der Waals surface area contributed by atoms with Crippen LogP contribution in [0.15, 0.2) is 18.2 Å². The fraction of sp³-hybridized carbons (Fsp3) is 0.538. The molecular weight excluding hydrogens is 205 g/mol. The molecule has 88 valence electrons. The Morgan fingerprint density at radius 1 is 1.25 bits per heavy atom. The molecule has 1 aromatic carbocycles. The van der Waals surface area contributed by atoms with Gasteiger partial charge in [-0.25, -0.2) is 4.39 Å². The molecule has 1 unspecified atom stereocenters. The summed E-state index contributed by atoms with van der Waals surface area (Å²) >= 11 is 0. The molecule has 0 bridgehead atoms. The molecule has 1 aliphatic heterocycles. The molecule has 1 aromatic rings. The Balaban J connectivity index is 2.20. The van der Waals surface area contributed by atoms with E-state index >= 15 is 0 Å². The minimum atomic E-state index is -0.222. The summed E-state index contributed by atoms with van der Waals surface area (Å²) in [6.45, 7) is 1.02. The van der Waals surface area contributed by atoms with Gasteiger partial charge in [-0.1, -0.05) is 12.8 Å². The molecule has 1 heterocycles. The molecule has 1 saturated heterocycles. The number of halogens is 1. The standard InChI is InChI=1S/C13H18FNO/c1-16-12-8-10(7-11(14)9-12)13-5-3-2-4-6-15-13/h7-9,13,15H,2-6H2,1H3. The Hall–Kier alpha value is -1.09. The van der Waals surface area contributed by atoms with Gasteiger partial charge in [0.05, 0.1) is 7.11 Å². The van der Waals surface area contributed by atoms with Gasteiger partial charge in [-0.2, -0.15) is 0 Å². The maximum atomic E-state index is 13.4. The topological polar surface area (TPSA) is 21.3 Å². The summed E-state index contributed by atoms with van der Waals surface area (Å²) in [6, 6.07) is 5.21. The van der Waals surface area contributed by atoms with E-state index in [-0.39, 0.29) is 11.9 Å². The van der Waals surface area contributed by atoms with E-state index in [1.807, 2.05) is 6.07 Å². The molecule has 0 amide bonds. The van der Waals surface area contributed by atoms with Crippen molar-refractivity contribution in [2.75, 3.05) is 13.7 Å². The molecule has 2 nitrogen and oxygen atoms in total. The smallest absolute Gasteiger partial charge is 0.127 e. The summed E-state index contributed by atoms with van der Waals surface area (Å²) in [4.78, 5) is 0. The zero-order chi connectivity index (χ0) is 11.4. The second kappa shape index (κ2) is 5.30. The van der Waals surface area contributed by atoms with Crippen LogP contribution >= 0.6 is 0 Å². The predicted octanol–water partition coefficient (Wildman–Crippen LogP) is 3.04. The van der Waals surface area contributed by atoms with E-state index in [2.05, 4.69) is 5.32 Å². The lowest BCUT2D eigenvalue weighted by atomic mass is 10.0. The lowest BCUT2D eigenvalue weighted by Crippen LogP contribution is -2.20. The van der Waals surface area contributed by atoms with Crippen LogP contribution in [0.3, 0.4) is 0 Å². The van der Waals surface area contributed by atoms with Gasteiger partial charge in [0.25, 0.3) is 0 Å². The highest BCUT2D eigenvalue weighted by Crippen LogP contribution is 2.26. The van der Waals surface area contributed by atoms with Crippen molar-refractivity contribution >= 4 is 0 Å². The van der Waals surface area contributed by atoms with Gasteiger partial charge >= 0.3 is 0 Å². The molecule has 1 atom stereocenters. The van der Waals surface area contributed by atoms with Crippen molar-refractivity contribution in [1.82, 2.24) is 5.32 Å². The number of ether oxygens (including phenoxy) is 1. The molecule has 1 aliphatic rings. The van der Waals surface area contributed by atoms with Crippen molar-refractivity contribution in [1.29, 1.82) is 0 Å². The monoisotopic (exact) mass is 223 g/mol. The summed E-state index contributed by atoms with van der Waals surface area (Å²) in [5, 5.41) is 3.45. The maximum absolute atomic E-state index is 13.4. The molecule has 0 spiro atoms. The Bertz CT molecular complexity index is 346. The number of nitrogens with one attached hydrogen (secondary N) is 1. The molecule has 1 N–H and O–H groups in total. The molecule has 3 heteroatoms. The van der Waals surface area contributed by atoms with Crippen LogP contribution in [0.2, 0.25) is 0 Å². The van der Waals surface area contributed by atoms with Crippen LogP contribution < -0.4 is 10.1 Å². The molecule has 0 saturated carbocycles. The number of hydrogen-bond acceptors (Lipinski definition) is 2. The first kappa shape index (κ1) is 11.4. The minimum Gasteiger partial charge on any atom is -0.497 e. The van der Waals surface area contributed by atoms with E-state index in [1.165, 1.54) is 25.3 Å². The third kappa shape index (κ3) is 2.73. The fourth-order valence-corrected chi connectivity index (χ4v) is 2.22. The summed E-state index contributed by atoms with van der Waals surface area (Å²) in [5.74, 6) is 0.376. The third-order valence-electron chi connectivity index (χ3n) is 3.09. The van der Waals surface area contributed by atoms with E-state index < -0.39 is 0 Å². The highest BCUT2D eigenvalue weighted by atomic mass is 19.1. The largest absolute Gasteiger partial charge is 0.497 e. The molecule has 0 aromatic heterocycles. The van der Waals surface area contributed by atoms with Crippen molar-refractivity contribution < 1.29 is 9.13 Å². The quantitative estimate of drug-likeness (QED) is 0.832. The highest BCUT2D eigenvalue weighted by molar-refractivity contribution is 5.31. The first-order valence-electron chi connectivity index (χ1n) is 5.87. The van der Waals surface area contributed by atoms with Crippen molar-refractivity contribution in [3.05, 3.63) is 29.6 Å². The zero-order valence-corrected chi connectivity index (χ0v) is 9.63. The van der Waals surface area contributed by atoms with Crippen LogP contribution in [0.1, 0.15) is 37.3 Å². The van der Waals surface area contributed by atoms with Crippen LogP contribution in [-0.2, 0) is 0 Å². The Labute approximate surface area is 95.8 Å². The number of rotatable bonds is 2. The normalized spacial score (nSPS) is 21.5. The summed E-state index contributed by atoms with van der Waals surface area (Å²) in [7, 11) is 1.57. The Kier molecular flexibility index (Phi) is 3.78. The summed E-state index contributed by atoms with van der Waals surface area (Å²) in [5.41, 5.74) is 0.999. The third-order valence-corrected chi connectivity index (χ3v) is 3.09. The first-order valence-corrected chi connectivity index (χ1v) is 5.87. The number of methoxy groups -OCH3 is 1. The average Bonchev–Trinajstić information content (AvgIpc) is 2.56. The van der Waals surface area contributed by atoms with E-state index in [0.29, 0.717) is 5.75 Å². The molecule has 0 radical (unpaired) electrons. The van der Waals surface area contributed by atoms with E-state index in [9.17, 15) is 4.39 Å². The average molecular weight is 223 g/mol. The first-order chi connectivity index (χ1) is 7.79. The van der Waals surface area contributed by atoms with Crippen molar-refractivity contribution in [3.8, 4) is 5.75 Å². The molecule has 2 rings (SSSR count). The number of hydrogen-bond donors (Lipinski definition) is 1. The lowest BCUT2D eigenvalue weighted by molar-refractivity contribution is 0.408. The fourth-order valence-electron chi connectivity index (χ4n) is 2.22. The zero-order valence-electron chi connectivity index (χ0n) is 9.63.